The standard InChI is InChI=1S/C18H25N5O2S/c1-14-4-2-5-15(12-14)13-26(24,25)23-10-3-6-16(23)18-21-20-17-7-8-19-9-11-22(17)18/h2,4-5,12,16,19H,3,6-11,13H2,1H3/t16-/m0/s1. The average Bonchev–Trinajstić information content (AvgIpc) is 3.16. The Kier molecular flexibility index (Phi) is 4.81. The molecule has 3 heterocycles. The van der Waals surface area contributed by atoms with E-state index in [2.05, 4.69) is 20.1 Å². The summed E-state index contributed by atoms with van der Waals surface area (Å²) in [7, 11) is -3.40. The van der Waals surface area contributed by atoms with Crippen LogP contribution >= 0.6 is 0 Å². The number of aryl methyl sites for hydroxylation is 1. The van der Waals surface area contributed by atoms with E-state index < -0.39 is 10.0 Å². The number of fused-ring (bicyclic) bond motifs is 1. The van der Waals surface area contributed by atoms with Crippen LogP contribution in [0.4, 0.5) is 0 Å². The van der Waals surface area contributed by atoms with Crippen molar-refractivity contribution in [3.63, 3.8) is 0 Å². The van der Waals surface area contributed by atoms with Crippen LogP contribution in [-0.2, 0) is 28.7 Å². The van der Waals surface area contributed by atoms with Crippen molar-refractivity contribution in [2.24, 2.45) is 0 Å². The van der Waals surface area contributed by atoms with Gasteiger partial charge in [0.1, 0.15) is 5.82 Å². The molecule has 1 atom stereocenters. The fraction of sp³-hybridized carbons (Fsp3) is 0.556. The van der Waals surface area contributed by atoms with Gasteiger partial charge in [0.15, 0.2) is 5.82 Å². The molecule has 2 aromatic rings. The van der Waals surface area contributed by atoms with Crippen molar-refractivity contribution >= 4 is 10.0 Å². The minimum absolute atomic E-state index is 0.0354. The molecule has 0 radical (unpaired) electrons. The van der Waals surface area contributed by atoms with E-state index in [9.17, 15) is 8.42 Å². The minimum atomic E-state index is -3.40. The second-order valence-corrected chi connectivity index (χ2v) is 9.06. The number of aromatic nitrogens is 3. The van der Waals surface area contributed by atoms with Crippen molar-refractivity contribution in [3.05, 3.63) is 47.0 Å². The number of sulfonamides is 1. The Morgan fingerprint density at radius 2 is 2.12 bits per heavy atom. The summed E-state index contributed by atoms with van der Waals surface area (Å²) in [6.07, 6.45) is 2.49. The van der Waals surface area contributed by atoms with Crippen LogP contribution in [0.15, 0.2) is 24.3 Å². The summed E-state index contributed by atoms with van der Waals surface area (Å²) >= 11 is 0. The van der Waals surface area contributed by atoms with Gasteiger partial charge in [0.05, 0.1) is 11.8 Å². The van der Waals surface area contributed by atoms with Crippen molar-refractivity contribution in [2.45, 2.75) is 44.5 Å². The van der Waals surface area contributed by atoms with Gasteiger partial charge in [0.2, 0.25) is 10.0 Å². The molecule has 1 aromatic carbocycles. The Balaban J connectivity index is 1.61. The first-order valence-corrected chi connectivity index (χ1v) is 10.8. The summed E-state index contributed by atoms with van der Waals surface area (Å²) in [5.74, 6) is 1.79. The predicted octanol–water partition coefficient (Wildman–Crippen LogP) is 1.40. The molecule has 2 aliphatic rings. The van der Waals surface area contributed by atoms with E-state index >= 15 is 0 Å². The topological polar surface area (TPSA) is 80.1 Å². The van der Waals surface area contributed by atoms with Crippen molar-refractivity contribution < 1.29 is 8.42 Å². The lowest BCUT2D eigenvalue weighted by atomic mass is 10.2. The molecule has 140 valence electrons. The van der Waals surface area contributed by atoms with Gasteiger partial charge < -0.3 is 9.88 Å². The molecule has 7 nitrogen and oxygen atoms in total. The summed E-state index contributed by atoms with van der Waals surface area (Å²) in [4.78, 5) is 0. The second kappa shape index (κ2) is 7.09. The molecular weight excluding hydrogens is 350 g/mol. The van der Waals surface area contributed by atoms with Crippen LogP contribution in [0.25, 0.3) is 0 Å². The van der Waals surface area contributed by atoms with Gasteiger partial charge in [-0.05, 0) is 25.3 Å². The number of hydrogen-bond acceptors (Lipinski definition) is 5. The third-order valence-electron chi connectivity index (χ3n) is 5.18. The average molecular weight is 375 g/mol. The van der Waals surface area contributed by atoms with Gasteiger partial charge in [-0.1, -0.05) is 29.8 Å². The zero-order valence-electron chi connectivity index (χ0n) is 15.1. The Bertz CT molecular complexity index is 893. The van der Waals surface area contributed by atoms with Crippen LogP contribution in [0.3, 0.4) is 0 Å². The smallest absolute Gasteiger partial charge is 0.218 e. The highest BCUT2D eigenvalue weighted by molar-refractivity contribution is 7.88. The summed E-state index contributed by atoms with van der Waals surface area (Å²) in [5.41, 5.74) is 1.91. The van der Waals surface area contributed by atoms with Gasteiger partial charge in [-0.2, -0.15) is 4.31 Å². The Morgan fingerprint density at radius 3 is 2.96 bits per heavy atom. The summed E-state index contributed by atoms with van der Waals surface area (Å²) in [5, 5.41) is 12.1. The van der Waals surface area contributed by atoms with Crippen molar-refractivity contribution in [3.8, 4) is 0 Å². The maximum atomic E-state index is 13.1. The predicted molar refractivity (Wildman–Crippen MR) is 99.1 cm³/mol. The van der Waals surface area contributed by atoms with Crippen LogP contribution in [0.2, 0.25) is 0 Å². The van der Waals surface area contributed by atoms with E-state index in [1.165, 1.54) is 0 Å². The van der Waals surface area contributed by atoms with Crippen LogP contribution < -0.4 is 5.32 Å². The number of hydrogen-bond donors (Lipinski definition) is 1. The van der Waals surface area contributed by atoms with Gasteiger partial charge in [-0.3, -0.25) is 0 Å². The maximum Gasteiger partial charge on any atom is 0.218 e. The van der Waals surface area contributed by atoms with E-state index in [1.54, 1.807) is 4.31 Å². The molecule has 1 aromatic heterocycles. The zero-order chi connectivity index (χ0) is 18.1. The molecule has 2 aliphatic heterocycles. The monoisotopic (exact) mass is 375 g/mol. The van der Waals surface area contributed by atoms with Crippen LogP contribution in [0, 0.1) is 6.92 Å². The third kappa shape index (κ3) is 3.41. The molecule has 8 heteroatoms. The summed E-state index contributed by atoms with van der Waals surface area (Å²) < 4.78 is 30.0. The number of nitrogens with zero attached hydrogens (tertiary/aromatic N) is 4. The number of benzene rings is 1. The number of nitrogens with one attached hydrogen (secondary N) is 1. The van der Waals surface area contributed by atoms with Gasteiger partial charge in [-0.25, -0.2) is 8.42 Å². The zero-order valence-corrected chi connectivity index (χ0v) is 15.9. The highest BCUT2D eigenvalue weighted by Gasteiger charge is 2.38. The second-order valence-electron chi connectivity index (χ2n) is 7.14. The first-order valence-electron chi connectivity index (χ1n) is 9.22. The van der Waals surface area contributed by atoms with E-state index in [1.807, 2.05) is 31.2 Å². The van der Waals surface area contributed by atoms with Gasteiger partial charge in [0.25, 0.3) is 0 Å². The quantitative estimate of drug-likeness (QED) is 0.874. The fourth-order valence-corrected chi connectivity index (χ4v) is 5.73. The molecule has 26 heavy (non-hydrogen) atoms. The maximum absolute atomic E-state index is 13.1. The van der Waals surface area contributed by atoms with Crippen LogP contribution in [0.1, 0.15) is 41.7 Å². The van der Waals surface area contributed by atoms with Crippen LogP contribution in [-0.4, -0.2) is 47.1 Å². The van der Waals surface area contributed by atoms with Crippen LogP contribution in [0.5, 0.6) is 0 Å². The first kappa shape index (κ1) is 17.6. The van der Waals surface area contributed by atoms with Gasteiger partial charge >= 0.3 is 0 Å². The normalized spacial score (nSPS) is 21.5. The largest absolute Gasteiger partial charge is 0.315 e. The highest BCUT2D eigenvalue weighted by atomic mass is 32.2. The SMILES string of the molecule is Cc1cccc(CS(=O)(=O)N2CCC[C@H]2c2nnc3n2CCNCC3)c1. The molecule has 1 N–H and O–H groups in total. The molecule has 0 spiro atoms. The first-order chi connectivity index (χ1) is 12.5. The lowest BCUT2D eigenvalue weighted by Crippen LogP contribution is -2.33. The van der Waals surface area contributed by atoms with Gasteiger partial charge in [0, 0.05) is 32.6 Å². The molecule has 4 rings (SSSR count). The molecule has 1 fully saturated rings. The number of rotatable bonds is 4. The van der Waals surface area contributed by atoms with Crippen molar-refractivity contribution in [1.29, 1.82) is 0 Å². The summed E-state index contributed by atoms with van der Waals surface area (Å²) in [6, 6.07) is 7.51. The molecule has 0 saturated carbocycles. The van der Waals surface area contributed by atoms with E-state index in [0.29, 0.717) is 6.54 Å². The lowest BCUT2D eigenvalue weighted by molar-refractivity contribution is 0.371. The molecule has 0 amide bonds. The van der Waals surface area contributed by atoms with E-state index in [0.717, 1.165) is 61.7 Å². The summed E-state index contributed by atoms with van der Waals surface area (Å²) in [6.45, 7) is 5.08. The molecule has 0 bridgehead atoms. The lowest BCUT2D eigenvalue weighted by Gasteiger charge is -2.24. The molecule has 1 saturated heterocycles. The molecule has 0 aliphatic carbocycles. The Hall–Kier alpha value is -1.77. The van der Waals surface area contributed by atoms with Gasteiger partial charge in [-0.15, -0.1) is 10.2 Å². The van der Waals surface area contributed by atoms with Crippen molar-refractivity contribution in [1.82, 2.24) is 24.4 Å². The van der Waals surface area contributed by atoms with Crippen molar-refractivity contribution in [2.75, 3.05) is 19.6 Å². The highest BCUT2D eigenvalue weighted by Crippen LogP contribution is 2.35. The molecular formula is C18H25N5O2S. The third-order valence-corrected chi connectivity index (χ3v) is 7.03. The Morgan fingerprint density at radius 1 is 1.23 bits per heavy atom. The minimum Gasteiger partial charge on any atom is -0.315 e. The molecule has 0 unspecified atom stereocenters. The Labute approximate surface area is 154 Å². The van der Waals surface area contributed by atoms with E-state index in [4.69, 9.17) is 0 Å². The fourth-order valence-electron chi connectivity index (χ4n) is 3.97. The van der Waals surface area contributed by atoms with E-state index in [-0.39, 0.29) is 11.8 Å².